The Morgan fingerprint density at radius 1 is 1.15 bits per heavy atom. The number of pyridine rings is 1. The number of fused-ring (bicyclic) bond motifs is 3. The number of nitrogens with one attached hydrogen (secondary N) is 3. The predicted octanol–water partition coefficient (Wildman–Crippen LogP) is 2.94. The van der Waals surface area contributed by atoms with Crippen molar-refractivity contribution in [1.29, 1.82) is 0 Å². The van der Waals surface area contributed by atoms with Crippen LogP contribution in [0.5, 0.6) is 0 Å². The van der Waals surface area contributed by atoms with E-state index in [1.54, 1.807) is 32.0 Å². The molecular weight excluding hydrogens is 476 g/mol. The Balaban J connectivity index is 1.39. The minimum Gasteiger partial charge on any atom is -0.384 e. The summed E-state index contributed by atoms with van der Waals surface area (Å²) in [5.41, 5.74) is 2.76. The van der Waals surface area contributed by atoms with E-state index >= 15 is 0 Å². The number of rotatable bonds is 4. The highest BCUT2D eigenvalue weighted by molar-refractivity contribution is 7.92. The third-order valence-corrected chi connectivity index (χ3v) is 8.27. The first-order valence-electron chi connectivity index (χ1n) is 10.4. The number of aryl methyl sites for hydroxylation is 2. The van der Waals surface area contributed by atoms with Crippen molar-refractivity contribution in [2.24, 2.45) is 0 Å². The van der Waals surface area contributed by atoms with Gasteiger partial charge in [-0.2, -0.15) is 0 Å². The summed E-state index contributed by atoms with van der Waals surface area (Å²) in [5.74, 6) is 0.823. The summed E-state index contributed by atoms with van der Waals surface area (Å²) in [5, 5.41) is 6.23. The Morgan fingerprint density at radius 2 is 1.97 bits per heavy atom. The van der Waals surface area contributed by atoms with Crippen LogP contribution < -0.4 is 20.9 Å². The molecule has 0 saturated carbocycles. The molecule has 0 bridgehead atoms. The molecule has 174 valence electrons. The molecule has 0 saturated heterocycles. The molecule has 2 amide bonds. The first kappa shape index (κ1) is 22.0. The fourth-order valence-corrected chi connectivity index (χ4v) is 6.09. The van der Waals surface area contributed by atoms with E-state index in [0.29, 0.717) is 22.5 Å². The van der Waals surface area contributed by atoms with Crippen molar-refractivity contribution in [1.82, 2.24) is 19.3 Å². The van der Waals surface area contributed by atoms with Crippen LogP contribution in [-0.4, -0.2) is 35.5 Å². The molecule has 3 aromatic heterocycles. The molecule has 3 N–H and O–H groups in total. The van der Waals surface area contributed by atoms with Crippen LogP contribution in [0, 0.1) is 13.8 Å². The lowest BCUT2D eigenvalue weighted by atomic mass is 10.1. The van der Waals surface area contributed by atoms with Gasteiger partial charge in [-0.05, 0) is 56.7 Å². The van der Waals surface area contributed by atoms with Crippen LogP contribution in [0.4, 0.5) is 16.2 Å². The van der Waals surface area contributed by atoms with Gasteiger partial charge in [0.15, 0.2) is 0 Å². The van der Waals surface area contributed by atoms with Gasteiger partial charge >= 0.3 is 6.03 Å². The molecule has 10 nitrogen and oxygen atoms in total. The second kappa shape index (κ2) is 8.22. The van der Waals surface area contributed by atoms with Gasteiger partial charge in [0.2, 0.25) is 0 Å². The predicted molar refractivity (Wildman–Crippen MR) is 130 cm³/mol. The van der Waals surface area contributed by atoms with Gasteiger partial charge in [-0.25, -0.2) is 32.5 Å². The maximum absolute atomic E-state index is 13.2. The summed E-state index contributed by atoms with van der Waals surface area (Å²) < 4.78 is 28.1. The van der Waals surface area contributed by atoms with Crippen LogP contribution in [0.25, 0.3) is 16.7 Å². The number of nitrogens with zero attached hydrogens (tertiary/aromatic N) is 3. The van der Waals surface area contributed by atoms with E-state index < -0.39 is 16.1 Å². The molecule has 0 atom stereocenters. The van der Waals surface area contributed by atoms with Gasteiger partial charge < -0.3 is 10.6 Å². The number of hydrogen-bond donors (Lipinski definition) is 3. The monoisotopic (exact) mass is 496 g/mol. The molecule has 4 heterocycles. The maximum atomic E-state index is 13.2. The minimum atomic E-state index is -3.97. The van der Waals surface area contributed by atoms with E-state index in [-0.39, 0.29) is 15.5 Å². The van der Waals surface area contributed by atoms with E-state index in [1.807, 2.05) is 10.8 Å². The minimum absolute atomic E-state index is 0.0497. The smallest absolute Gasteiger partial charge is 0.333 e. The highest BCUT2D eigenvalue weighted by Crippen LogP contribution is 2.28. The molecule has 1 aliphatic heterocycles. The molecule has 0 unspecified atom stereocenters. The number of aromatic nitrogens is 3. The number of carbonyl (C=O) groups is 1. The van der Waals surface area contributed by atoms with Gasteiger partial charge in [0.25, 0.3) is 15.6 Å². The van der Waals surface area contributed by atoms with Gasteiger partial charge in [-0.1, -0.05) is 0 Å². The summed E-state index contributed by atoms with van der Waals surface area (Å²) in [6.07, 6.45) is 2.16. The zero-order valence-electron chi connectivity index (χ0n) is 18.2. The van der Waals surface area contributed by atoms with Gasteiger partial charge in [-0.15, -0.1) is 11.3 Å². The Hall–Kier alpha value is -3.77. The van der Waals surface area contributed by atoms with E-state index in [9.17, 15) is 18.0 Å². The number of benzene rings is 1. The highest BCUT2D eigenvalue weighted by atomic mass is 32.2. The lowest BCUT2D eigenvalue weighted by molar-refractivity contribution is 0.256. The summed E-state index contributed by atoms with van der Waals surface area (Å²) in [6.45, 7) is 4.33. The van der Waals surface area contributed by atoms with Crippen LogP contribution in [0.1, 0.15) is 16.3 Å². The quantitative estimate of drug-likeness (QED) is 0.395. The molecule has 4 aromatic rings. The zero-order valence-corrected chi connectivity index (χ0v) is 19.9. The SMILES string of the molecule is Cc1ccc(S(=O)(=O)NC(=O)Nc2ccc(-n3c(C)nc4c5c(ccc4c3=O)NCC5)nc2)s1. The molecule has 34 heavy (non-hydrogen) atoms. The molecule has 5 rings (SSSR count). The molecule has 0 spiro atoms. The summed E-state index contributed by atoms with van der Waals surface area (Å²) in [4.78, 5) is 35.2. The van der Waals surface area contributed by atoms with Crippen LogP contribution in [0.3, 0.4) is 0 Å². The highest BCUT2D eigenvalue weighted by Gasteiger charge is 2.21. The molecule has 12 heteroatoms. The molecule has 1 aromatic carbocycles. The molecular formula is C22H20N6O4S2. The Labute approximate surface area is 198 Å². The standard InChI is InChI=1S/C22H20N6O4S2/c1-12-3-8-19(33-12)34(31,32)27-22(30)26-14-4-7-18(24-11-14)28-13(2)25-20-15-9-10-23-17(15)6-5-16(20)21(28)29/h3-8,11,23H,9-10H2,1-2H3,(H2,26,27,30). The van der Waals surface area contributed by atoms with E-state index in [1.165, 1.54) is 22.9 Å². The fourth-order valence-electron chi connectivity index (χ4n) is 3.90. The topological polar surface area (TPSA) is 135 Å². The number of urea groups is 1. The second-order valence-corrected chi connectivity index (χ2v) is 11.0. The normalized spacial score (nSPS) is 12.9. The first-order chi connectivity index (χ1) is 16.2. The Kier molecular flexibility index (Phi) is 5.33. The van der Waals surface area contributed by atoms with E-state index in [0.717, 1.165) is 40.4 Å². The van der Waals surface area contributed by atoms with Crippen LogP contribution in [-0.2, 0) is 16.4 Å². The fraction of sp³-hybridized carbons (Fsp3) is 0.182. The molecule has 1 aliphatic rings. The number of amides is 2. The van der Waals surface area contributed by atoms with Crippen LogP contribution >= 0.6 is 11.3 Å². The number of anilines is 2. The number of hydrogen-bond acceptors (Lipinski definition) is 8. The van der Waals surface area contributed by atoms with Gasteiger partial charge in [0.05, 0.1) is 22.8 Å². The average Bonchev–Trinajstić information content (AvgIpc) is 3.44. The third kappa shape index (κ3) is 3.90. The van der Waals surface area contributed by atoms with Crippen molar-refractivity contribution in [3.63, 3.8) is 0 Å². The van der Waals surface area contributed by atoms with Gasteiger partial charge in [0.1, 0.15) is 15.9 Å². The summed E-state index contributed by atoms with van der Waals surface area (Å²) in [7, 11) is -3.97. The number of carbonyl (C=O) groups excluding carboxylic acids is 1. The van der Waals surface area contributed by atoms with E-state index in [2.05, 4.69) is 20.6 Å². The first-order valence-corrected chi connectivity index (χ1v) is 12.7. The molecule has 0 aliphatic carbocycles. The molecule has 0 radical (unpaired) electrons. The third-order valence-electron chi connectivity index (χ3n) is 5.45. The maximum Gasteiger partial charge on any atom is 0.333 e. The second-order valence-electron chi connectivity index (χ2n) is 7.79. The van der Waals surface area contributed by atoms with Crippen molar-refractivity contribution >= 4 is 49.7 Å². The zero-order chi connectivity index (χ0) is 24.0. The molecule has 0 fully saturated rings. The number of thiophene rings is 1. The van der Waals surface area contributed by atoms with Gasteiger partial charge in [-0.3, -0.25) is 4.79 Å². The lowest BCUT2D eigenvalue weighted by Gasteiger charge is -2.12. The average molecular weight is 497 g/mol. The Morgan fingerprint density at radius 3 is 2.68 bits per heavy atom. The van der Waals surface area contributed by atoms with E-state index in [4.69, 9.17) is 0 Å². The summed E-state index contributed by atoms with van der Waals surface area (Å²) in [6, 6.07) is 8.93. The lowest BCUT2D eigenvalue weighted by Crippen LogP contribution is -2.34. The Bertz CT molecular complexity index is 1610. The largest absolute Gasteiger partial charge is 0.384 e. The van der Waals surface area contributed by atoms with Crippen molar-refractivity contribution in [2.75, 3.05) is 17.2 Å². The van der Waals surface area contributed by atoms with Crippen molar-refractivity contribution in [2.45, 2.75) is 24.5 Å². The van der Waals surface area contributed by atoms with Gasteiger partial charge in [0, 0.05) is 22.7 Å². The van der Waals surface area contributed by atoms with Crippen LogP contribution in [0.15, 0.2) is 51.6 Å². The van der Waals surface area contributed by atoms with Crippen molar-refractivity contribution in [3.05, 3.63) is 69.2 Å². The number of sulfonamides is 1. The van der Waals surface area contributed by atoms with Crippen LogP contribution in [0.2, 0.25) is 0 Å². The summed E-state index contributed by atoms with van der Waals surface area (Å²) >= 11 is 1.07. The van der Waals surface area contributed by atoms with Crippen molar-refractivity contribution < 1.29 is 13.2 Å². The van der Waals surface area contributed by atoms with Crippen molar-refractivity contribution in [3.8, 4) is 5.82 Å².